The summed E-state index contributed by atoms with van der Waals surface area (Å²) in [5.41, 5.74) is 5.01. The standard InChI is InChI=1S/C18H30NO6P/c1-17(2,3)24-26(23,25-18(4,5)6)16(22)13-9-7-12(8-10-13)11-14(19)15(20)21/h7-10,14,16,22H,11,19H2,1-6H3,(H,20,21). The van der Waals surface area contributed by atoms with Crippen molar-refractivity contribution in [2.45, 2.75) is 71.1 Å². The second-order valence-electron chi connectivity index (χ2n) is 8.21. The van der Waals surface area contributed by atoms with Crippen LogP contribution >= 0.6 is 7.60 Å². The first-order valence-electron chi connectivity index (χ1n) is 8.39. The molecule has 1 aromatic rings. The maximum absolute atomic E-state index is 13.3. The molecule has 0 heterocycles. The molecule has 7 nitrogen and oxygen atoms in total. The number of benzene rings is 1. The maximum Gasteiger partial charge on any atom is 0.364 e. The molecule has 1 rings (SSSR count). The summed E-state index contributed by atoms with van der Waals surface area (Å²) in [6, 6.07) is 5.41. The van der Waals surface area contributed by atoms with E-state index in [1.54, 1.807) is 65.8 Å². The quantitative estimate of drug-likeness (QED) is 0.613. The summed E-state index contributed by atoms with van der Waals surface area (Å²) in [7, 11) is -3.90. The molecular formula is C18H30NO6P. The molecule has 0 saturated heterocycles. The van der Waals surface area contributed by atoms with Gasteiger partial charge in [-0.05, 0) is 59.1 Å². The van der Waals surface area contributed by atoms with E-state index in [2.05, 4.69) is 0 Å². The molecule has 148 valence electrons. The number of rotatable bonds is 7. The summed E-state index contributed by atoms with van der Waals surface area (Å²) in [4.78, 5) is 10.8. The molecule has 1 aromatic carbocycles. The third kappa shape index (κ3) is 7.17. The largest absolute Gasteiger partial charge is 0.480 e. The van der Waals surface area contributed by atoms with E-state index < -0.39 is 36.7 Å². The molecule has 0 radical (unpaired) electrons. The van der Waals surface area contributed by atoms with Crippen molar-refractivity contribution in [1.82, 2.24) is 0 Å². The third-order valence-electron chi connectivity index (χ3n) is 3.15. The molecule has 8 heteroatoms. The van der Waals surface area contributed by atoms with Crippen LogP contribution in [0.15, 0.2) is 24.3 Å². The fourth-order valence-corrected chi connectivity index (χ4v) is 4.53. The normalized spacial score (nSPS) is 15.5. The molecule has 26 heavy (non-hydrogen) atoms. The van der Waals surface area contributed by atoms with Gasteiger partial charge in [-0.3, -0.25) is 9.36 Å². The summed E-state index contributed by atoms with van der Waals surface area (Å²) >= 11 is 0. The van der Waals surface area contributed by atoms with Crippen molar-refractivity contribution < 1.29 is 28.6 Å². The van der Waals surface area contributed by atoms with Crippen molar-refractivity contribution in [1.29, 1.82) is 0 Å². The minimum Gasteiger partial charge on any atom is -0.480 e. The highest BCUT2D eigenvalue weighted by atomic mass is 31.2. The Labute approximate surface area is 155 Å². The highest BCUT2D eigenvalue weighted by molar-refractivity contribution is 7.54. The van der Waals surface area contributed by atoms with Crippen molar-refractivity contribution in [3.63, 3.8) is 0 Å². The molecule has 0 aliphatic rings. The molecule has 2 unspecified atom stereocenters. The van der Waals surface area contributed by atoms with Gasteiger partial charge in [-0.25, -0.2) is 0 Å². The molecule has 0 amide bonds. The molecule has 0 aliphatic heterocycles. The summed E-state index contributed by atoms with van der Waals surface area (Å²) < 4.78 is 24.6. The second kappa shape index (κ2) is 8.19. The van der Waals surface area contributed by atoms with E-state index in [0.717, 1.165) is 0 Å². The van der Waals surface area contributed by atoms with E-state index >= 15 is 0 Å². The van der Waals surface area contributed by atoms with Crippen LogP contribution in [0.3, 0.4) is 0 Å². The van der Waals surface area contributed by atoms with E-state index in [1.165, 1.54) is 0 Å². The van der Waals surface area contributed by atoms with Crippen LogP contribution < -0.4 is 5.73 Å². The van der Waals surface area contributed by atoms with Crippen LogP contribution in [0.4, 0.5) is 0 Å². The number of aliphatic hydroxyl groups excluding tert-OH is 1. The Morgan fingerprint density at radius 2 is 1.50 bits per heavy atom. The Balaban J connectivity index is 3.09. The SMILES string of the molecule is CC(C)(C)OP(=O)(OC(C)(C)C)C(O)c1ccc(CC(N)C(=O)O)cc1. The molecular weight excluding hydrogens is 357 g/mol. The number of carboxylic acid groups (broad SMARTS) is 1. The van der Waals surface area contributed by atoms with Crippen molar-refractivity contribution in [2.75, 3.05) is 0 Å². The molecule has 0 bridgehead atoms. The minimum absolute atomic E-state index is 0.153. The third-order valence-corrected chi connectivity index (χ3v) is 5.65. The maximum atomic E-state index is 13.3. The summed E-state index contributed by atoms with van der Waals surface area (Å²) in [6.45, 7) is 10.4. The molecule has 0 spiro atoms. The average Bonchev–Trinajstić information content (AvgIpc) is 2.43. The monoisotopic (exact) mass is 387 g/mol. The molecule has 0 saturated carbocycles. The van der Waals surface area contributed by atoms with Gasteiger partial charge in [0.25, 0.3) is 0 Å². The highest BCUT2D eigenvalue weighted by Crippen LogP contribution is 2.63. The first-order chi connectivity index (χ1) is 11.6. The lowest BCUT2D eigenvalue weighted by Crippen LogP contribution is -2.32. The van der Waals surface area contributed by atoms with E-state index in [-0.39, 0.29) is 6.42 Å². The summed E-state index contributed by atoms with van der Waals surface area (Å²) in [5, 5.41) is 19.6. The van der Waals surface area contributed by atoms with Crippen molar-refractivity contribution in [2.24, 2.45) is 5.73 Å². The van der Waals surface area contributed by atoms with E-state index in [4.69, 9.17) is 19.9 Å². The number of nitrogens with two attached hydrogens (primary N) is 1. The predicted molar refractivity (Wildman–Crippen MR) is 100.0 cm³/mol. The van der Waals surface area contributed by atoms with Gasteiger partial charge in [0.2, 0.25) is 0 Å². The molecule has 0 aromatic heterocycles. The van der Waals surface area contributed by atoms with Crippen LogP contribution in [0.2, 0.25) is 0 Å². The Morgan fingerprint density at radius 3 is 1.85 bits per heavy atom. The van der Waals surface area contributed by atoms with Gasteiger partial charge in [0.15, 0.2) is 5.85 Å². The van der Waals surface area contributed by atoms with Crippen molar-refractivity contribution in [3.05, 3.63) is 35.4 Å². The van der Waals surface area contributed by atoms with E-state index in [0.29, 0.717) is 11.1 Å². The van der Waals surface area contributed by atoms with Crippen molar-refractivity contribution in [3.8, 4) is 0 Å². The van der Waals surface area contributed by atoms with Gasteiger partial charge in [0, 0.05) is 0 Å². The molecule has 4 N–H and O–H groups in total. The van der Waals surface area contributed by atoms with E-state index in [9.17, 15) is 14.5 Å². The Morgan fingerprint density at radius 1 is 1.08 bits per heavy atom. The van der Waals surface area contributed by atoms with Gasteiger partial charge in [-0.1, -0.05) is 24.3 Å². The average molecular weight is 387 g/mol. The molecule has 0 fully saturated rings. The van der Waals surface area contributed by atoms with Crippen LogP contribution in [0.5, 0.6) is 0 Å². The second-order valence-corrected chi connectivity index (χ2v) is 10.1. The zero-order valence-corrected chi connectivity index (χ0v) is 17.1. The lowest BCUT2D eigenvalue weighted by Gasteiger charge is -2.34. The van der Waals surface area contributed by atoms with Crippen LogP contribution in [0.1, 0.15) is 58.5 Å². The summed E-state index contributed by atoms with van der Waals surface area (Å²) in [6.07, 6.45) is 0.153. The smallest absolute Gasteiger partial charge is 0.364 e. The topological polar surface area (TPSA) is 119 Å². The Kier molecular flexibility index (Phi) is 7.18. The zero-order chi connectivity index (χ0) is 20.3. The van der Waals surface area contributed by atoms with Gasteiger partial charge < -0.3 is 25.0 Å². The minimum atomic E-state index is -3.90. The lowest BCUT2D eigenvalue weighted by atomic mass is 10.1. The first kappa shape index (κ1) is 22.8. The van der Waals surface area contributed by atoms with Gasteiger partial charge in [0.05, 0.1) is 11.2 Å². The summed E-state index contributed by atoms with van der Waals surface area (Å²) in [5.74, 6) is -2.56. The number of aliphatic hydroxyl groups is 1. The Bertz CT molecular complexity index is 640. The van der Waals surface area contributed by atoms with Gasteiger partial charge >= 0.3 is 13.6 Å². The molecule has 0 aliphatic carbocycles. The van der Waals surface area contributed by atoms with Gasteiger partial charge in [-0.2, -0.15) is 0 Å². The zero-order valence-electron chi connectivity index (χ0n) is 16.2. The number of hydrogen-bond acceptors (Lipinski definition) is 6. The van der Waals surface area contributed by atoms with E-state index in [1.807, 2.05) is 0 Å². The lowest BCUT2D eigenvalue weighted by molar-refractivity contribution is -0.138. The van der Waals surface area contributed by atoms with Crippen molar-refractivity contribution >= 4 is 13.6 Å². The van der Waals surface area contributed by atoms with Gasteiger partial charge in [-0.15, -0.1) is 0 Å². The fourth-order valence-electron chi connectivity index (χ4n) is 2.23. The highest BCUT2D eigenvalue weighted by Gasteiger charge is 2.42. The first-order valence-corrected chi connectivity index (χ1v) is 10.0. The van der Waals surface area contributed by atoms with Crippen LogP contribution in [0, 0.1) is 0 Å². The molecule has 2 atom stereocenters. The fraction of sp³-hybridized carbons (Fsp3) is 0.611. The van der Waals surface area contributed by atoms with Crippen LogP contribution in [-0.4, -0.2) is 33.4 Å². The van der Waals surface area contributed by atoms with Crippen LogP contribution in [0.25, 0.3) is 0 Å². The Hall–Kier alpha value is -1.24. The number of carboxylic acids is 1. The number of carbonyl (C=O) groups is 1. The van der Waals surface area contributed by atoms with Gasteiger partial charge in [0.1, 0.15) is 6.04 Å². The number of aliphatic carboxylic acids is 1. The number of hydrogen-bond donors (Lipinski definition) is 3. The van der Waals surface area contributed by atoms with Crippen LogP contribution in [-0.2, 0) is 24.8 Å². The predicted octanol–water partition coefficient (Wildman–Crippen LogP) is 3.46.